The van der Waals surface area contributed by atoms with E-state index >= 15 is 0 Å². The first-order valence-electron chi connectivity index (χ1n) is 21.8. The summed E-state index contributed by atoms with van der Waals surface area (Å²) in [6, 6.07) is 65.1. The van der Waals surface area contributed by atoms with Crippen LogP contribution in [0.3, 0.4) is 0 Å². The van der Waals surface area contributed by atoms with E-state index in [1.807, 2.05) is 0 Å². The molecule has 0 nitrogen and oxygen atoms in total. The second kappa shape index (κ2) is 15.0. The molecule has 0 radical (unpaired) electrons. The monoisotopic (exact) mass is 1020 g/mol. The second-order valence-corrected chi connectivity index (χ2v) is 48.8. The Hall–Kier alpha value is -5.09. The maximum absolute atomic E-state index is 9.54. The number of benzene rings is 8. The van der Waals surface area contributed by atoms with Crippen LogP contribution in [0, 0.1) is 27.7 Å². The minimum atomic E-state index is -6.11. The Kier molecular flexibility index (Phi) is 9.63. The number of allylic oxidation sites excluding steroid dienone is 2. The second-order valence-electron chi connectivity index (χ2n) is 17.7. The van der Waals surface area contributed by atoms with Crippen LogP contribution in [0.1, 0.15) is 63.0 Å². The van der Waals surface area contributed by atoms with Gasteiger partial charge < -0.3 is 0 Å². The van der Waals surface area contributed by atoms with Gasteiger partial charge in [0.15, 0.2) is 0 Å². The van der Waals surface area contributed by atoms with Gasteiger partial charge in [0.2, 0.25) is 0 Å². The third kappa shape index (κ3) is 5.94. The molecule has 8 aromatic rings. The van der Waals surface area contributed by atoms with Crippen molar-refractivity contribution in [1.82, 2.24) is 0 Å². The van der Waals surface area contributed by atoms with Crippen molar-refractivity contribution in [3.63, 3.8) is 0 Å². The summed E-state index contributed by atoms with van der Waals surface area (Å²) in [6.07, 6.45) is 4.94. The molecule has 3 aliphatic rings. The Bertz CT molecular complexity index is 3030. The van der Waals surface area contributed by atoms with Crippen molar-refractivity contribution < 1.29 is 16.1 Å². The fraction of sp³-hybridized carbons (Fsp3) is 0.103. The number of aryl methyl sites for hydroxylation is 2. The van der Waals surface area contributed by atoms with Gasteiger partial charge in [-0.3, -0.25) is 0 Å². The number of halogens is 2. The van der Waals surface area contributed by atoms with Gasteiger partial charge in [-0.1, -0.05) is 0 Å². The van der Waals surface area contributed by atoms with Gasteiger partial charge in [-0.15, -0.1) is 0 Å². The van der Waals surface area contributed by atoms with Crippen LogP contribution in [0.15, 0.2) is 176 Å². The summed E-state index contributed by atoms with van der Waals surface area (Å²) >= 11 is -6.11. The first kappa shape index (κ1) is 39.7. The summed E-state index contributed by atoms with van der Waals surface area (Å²) in [5, 5.41) is 2.89. The molecule has 0 fully saturated rings. The van der Waals surface area contributed by atoms with Crippen molar-refractivity contribution in [2.75, 3.05) is 0 Å². The van der Waals surface area contributed by atoms with E-state index < -0.39 is 25.7 Å². The fourth-order valence-electron chi connectivity index (χ4n) is 11.3. The molecule has 0 spiro atoms. The standard InChI is InChI=1S/2C23H19.C12H9Si.2ClH.Hf/c2*1-16-8-6-12-21(17(16)2)22-13-7-11-19-14-20(15-23(19)22)18-9-4-3-5-10-18;1-3-7-11-9(5-1)10-6-2-4-8-12(10)13-11;;;/h2*3-15H,1-2H3;1-7H,13H2;2*1H;/q;;;;;+2/p-2. The van der Waals surface area contributed by atoms with Crippen LogP contribution in [0.2, 0.25) is 0 Å². The van der Waals surface area contributed by atoms with Gasteiger partial charge in [0.25, 0.3) is 0 Å². The SMILES string of the molecule is Cc1cccc(-c2cccc3c2C=C(c2ccccc2)[CH]3[Hf]([Cl])([Cl])([c]2cccc3c2[SiH2]c2ccccc2-3)[CH]2C(c3ccccc3)=Cc3c(-c4cccc(C)c4C)cccc32)c1C. The van der Waals surface area contributed by atoms with Gasteiger partial charge >= 0.3 is 380 Å². The quantitative estimate of drug-likeness (QED) is 0.140. The van der Waals surface area contributed by atoms with Crippen molar-refractivity contribution >= 4 is 63.7 Å². The Morgan fingerprint density at radius 2 is 0.823 bits per heavy atom. The topological polar surface area (TPSA) is 0 Å². The predicted molar refractivity (Wildman–Crippen MR) is 268 cm³/mol. The minimum absolute atomic E-state index is 0.255. The first-order chi connectivity index (χ1) is 30.1. The molecule has 1 aliphatic heterocycles. The molecule has 0 aromatic heterocycles. The van der Waals surface area contributed by atoms with E-state index in [0.29, 0.717) is 0 Å². The third-order valence-electron chi connectivity index (χ3n) is 14.6. The Morgan fingerprint density at radius 1 is 0.403 bits per heavy atom. The van der Waals surface area contributed by atoms with E-state index in [-0.39, 0.29) is 7.35 Å². The molecule has 301 valence electrons. The Balaban J connectivity index is 1.28. The average Bonchev–Trinajstić information content (AvgIpc) is 4.02. The number of hydrogen-bond acceptors (Lipinski definition) is 0. The molecule has 8 aromatic carbocycles. The van der Waals surface area contributed by atoms with Crippen molar-refractivity contribution in [2.45, 2.75) is 35.0 Å². The molecule has 0 amide bonds. The molecule has 0 saturated heterocycles. The van der Waals surface area contributed by atoms with Crippen LogP contribution < -0.4 is 13.7 Å². The van der Waals surface area contributed by atoms with Crippen LogP contribution >= 0.6 is 17.2 Å². The normalized spacial score (nSPS) is 17.1. The van der Waals surface area contributed by atoms with E-state index in [4.69, 9.17) is 0 Å². The first-order valence-corrected chi connectivity index (χ1v) is 38.1. The van der Waals surface area contributed by atoms with Gasteiger partial charge in [-0.05, 0) is 0 Å². The summed E-state index contributed by atoms with van der Waals surface area (Å²) in [4.78, 5) is 0. The molecule has 0 N–H and O–H groups in total. The molecular formula is C58H47Cl2HfSi. The van der Waals surface area contributed by atoms with Gasteiger partial charge in [0, 0.05) is 0 Å². The van der Waals surface area contributed by atoms with Gasteiger partial charge in [-0.2, -0.15) is 0 Å². The number of fused-ring (bicyclic) bond motifs is 5. The van der Waals surface area contributed by atoms with E-state index in [2.05, 4.69) is 216 Å². The predicted octanol–water partition coefficient (Wildman–Crippen LogP) is 13.6. The van der Waals surface area contributed by atoms with E-state index in [1.54, 1.807) is 0 Å². The van der Waals surface area contributed by atoms with E-state index in [9.17, 15) is 17.2 Å². The molecular weight excluding hydrogens is 974 g/mol. The fourth-order valence-corrected chi connectivity index (χ4v) is 49.1. The number of rotatable bonds is 7. The van der Waals surface area contributed by atoms with Gasteiger partial charge in [-0.25, -0.2) is 0 Å². The molecule has 11 rings (SSSR count). The summed E-state index contributed by atoms with van der Waals surface area (Å²) in [5.41, 5.74) is 22.5. The molecule has 0 saturated carbocycles. The molecule has 62 heavy (non-hydrogen) atoms. The van der Waals surface area contributed by atoms with Crippen LogP contribution in [-0.4, -0.2) is 9.52 Å². The maximum atomic E-state index is 9.54. The van der Waals surface area contributed by atoms with Crippen molar-refractivity contribution in [2.24, 2.45) is 0 Å². The van der Waals surface area contributed by atoms with Crippen LogP contribution in [0.5, 0.6) is 0 Å². The average molecular weight is 1020 g/mol. The van der Waals surface area contributed by atoms with E-state index in [1.165, 1.54) is 114 Å². The van der Waals surface area contributed by atoms with Gasteiger partial charge in [0.05, 0.1) is 0 Å². The van der Waals surface area contributed by atoms with Crippen molar-refractivity contribution in [1.29, 1.82) is 0 Å². The van der Waals surface area contributed by atoms with Crippen LogP contribution in [0.25, 0.3) is 56.7 Å². The summed E-state index contributed by atoms with van der Waals surface area (Å²) in [6.45, 7) is 8.93. The summed E-state index contributed by atoms with van der Waals surface area (Å²) in [7, 11) is 18.1. The van der Waals surface area contributed by atoms with E-state index in [0.717, 1.165) is 0 Å². The summed E-state index contributed by atoms with van der Waals surface area (Å²) < 4.78 is 0.725. The van der Waals surface area contributed by atoms with Gasteiger partial charge in [0.1, 0.15) is 0 Å². The summed E-state index contributed by atoms with van der Waals surface area (Å²) in [5.74, 6) is 0. The molecule has 2 aliphatic carbocycles. The zero-order valence-corrected chi connectivity index (χ0v) is 42.0. The Labute approximate surface area is 376 Å². The molecule has 2 atom stereocenters. The molecule has 2 unspecified atom stereocenters. The third-order valence-corrected chi connectivity index (χ3v) is 45.9. The molecule has 0 bridgehead atoms. The zero-order valence-electron chi connectivity index (χ0n) is 35.5. The molecule has 1 heterocycles. The van der Waals surface area contributed by atoms with Crippen molar-refractivity contribution in [3.05, 3.63) is 232 Å². The molecule has 4 heteroatoms. The van der Waals surface area contributed by atoms with Crippen molar-refractivity contribution in [3.8, 4) is 33.4 Å². The number of hydrogen-bond donors (Lipinski definition) is 0. The van der Waals surface area contributed by atoms with Crippen LogP contribution in [-0.2, 0) is 16.1 Å². The zero-order chi connectivity index (χ0) is 42.4. The van der Waals surface area contributed by atoms with Crippen LogP contribution in [0.4, 0.5) is 0 Å². The Morgan fingerprint density at radius 3 is 1.35 bits per heavy atom.